The van der Waals surface area contributed by atoms with Gasteiger partial charge in [-0.05, 0) is 69.5 Å². The van der Waals surface area contributed by atoms with E-state index in [1.54, 1.807) is 25.4 Å². The maximum absolute atomic E-state index is 12.1. The molecule has 2 aromatic rings. The molecular weight excluding hydrogens is 357 g/mol. The summed E-state index contributed by atoms with van der Waals surface area (Å²) < 4.78 is 12.1. The molecule has 0 amide bonds. The third-order valence-electron chi connectivity index (χ3n) is 2.88. The van der Waals surface area contributed by atoms with Crippen LogP contribution in [-0.4, -0.2) is 4.98 Å². The number of rotatable bonds is 1. The van der Waals surface area contributed by atoms with E-state index in [2.05, 4.69) is 17.8 Å². The fourth-order valence-electron chi connectivity index (χ4n) is 1.34. The van der Waals surface area contributed by atoms with Crippen molar-refractivity contribution < 1.29 is 4.39 Å². The Balaban J connectivity index is -0.000000293. The average Bonchev–Trinajstić information content (AvgIpc) is 2.69. The maximum atomic E-state index is 12.1. The molecule has 1 aromatic heterocycles. The molecule has 1 nitrogen and oxygen atoms in total. The maximum Gasteiger partial charge on any atom is 0.0997 e. The van der Waals surface area contributed by atoms with E-state index in [4.69, 9.17) is 11.6 Å². The molecular formula is C24H33ClFN. The second kappa shape index (κ2) is 21.7. The van der Waals surface area contributed by atoms with Crippen molar-refractivity contribution in [3.8, 4) is 12.8 Å². The van der Waals surface area contributed by atoms with Gasteiger partial charge in [0.1, 0.15) is 0 Å². The van der Waals surface area contributed by atoms with Gasteiger partial charge >= 0.3 is 0 Å². The van der Waals surface area contributed by atoms with E-state index in [9.17, 15) is 4.39 Å². The van der Waals surface area contributed by atoms with E-state index >= 15 is 0 Å². The minimum absolute atomic E-state index is 0.108. The quantitative estimate of drug-likeness (QED) is 0.354. The van der Waals surface area contributed by atoms with Crippen LogP contribution in [0.1, 0.15) is 45.7 Å². The van der Waals surface area contributed by atoms with E-state index in [0.29, 0.717) is 5.57 Å². The number of nitrogens with zero attached hydrogens (tertiary/aromatic N) is 1. The fraction of sp³-hybridized carbons (Fsp3) is 0.292. The van der Waals surface area contributed by atoms with Gasteiger partial charge in [-0.2, -0.15) is 0 Å². The zero-order chi connectivity index (χ0) is 21.7. The van der Waals surface area contributed by atoms with Crippen molar-refractivity contribution in [2.24, 2.45) is 0 Å². The van der Waals surface area contributed by atoms with Gasteiger partial charge in [0.2, 0.25) is 0 Å². The molecule has 0 aliphatic carbocycles. The Hall–Kier alpha value is -2.37. The molecule has 0 bridgehead atoms. The van der Waals surface area contributed by atoms with Crippen molar-refractivity contribution in [2.75, 3.05) is 0 Å². The van der Waals surface area contributed by atoms with E-state index in [0.717, 1.165) is 10.6 Å². The normalized spacial score (nSPS) is 9.59. The standard InChI is InChI=1S/C7H7Cl.C7H11F.C6H7N.C2H6.C2H2/c1-6-4-2-3-5-7(6)8;1-4-5-6(2)7(3)8;1-6-2-4-7-5-3-6;2*1-2/h2-5H,1H3;4-5H,1-3H3;2-5H,1H3;1-2H3;1-2H/b;5-4-,7-6+;;;. The van der Waals surface area contributed by atoms with Crippen LogP contribution in [0.5, 0.6) is 0 Å². The molecule has 2 rings (SSSR count). The third kappa shape index (κ3) is 19.8. The van der Waals surface area contributed by atoms with Gasteiger partial charge < -0.3 is 0 Å². The van der Waals surface area contributed by atoms with Crippen LogP contribution in [-0.2, 0) is 0 Å². The van der Waals surface area contributed by atoms with Crippen LogP contribution in [0.4, 0.5) is 4.39 Å². The SMILES string of the molecule is C#C.C/C=C\C(C)=C(/C)F.CC.Cc1ccccc1Cl.Cc1ccncc1. The summed E-state index contributed by atoms with van der Waals surface area (Å²) in [4.78, 5) is 3.85. The predicted octanol–water partition coefficient (Wildman–Crippen LogP) is 8.14. The average molecular weight is 390 g/mol. The largest absolute Gasteiger partial charge is 0.265 e. The molecule has 0 fully saturated rings. The number of hydrogen-bond acceptors (Lipinski definition) is 1. The number of hydrogen-bond donors (Lipinski definition) is 0. The highest BCUT2D eigenvalue weighted by Crippen LogP contribution is 2.11. The van der Waals surface area contributed by atoms with Crippen molar-refractivity contribution in [1.29, 1.82) is 0 Å². The highest BCUT2D eigenvalue weighted by Gasteiger charge is 1.86. The lowest BCUT2D eigenvalue weighted by Crippen LogP contribution is -1.69. The first kappa shape index (κ1) is 29.4. The lowest BCUT2D eigenvalue weighted by Gasteiger charge is -1.90. The van der Waals surface area contributed by atoms with Crippen molar-refractivity contribution in [2.45, 2.75) is 48.5 Å². The highest BCUT2D eigenvalue weighted by molar-refractivity contribution is 6.31. The molecule has 0 aliphatic heterocycles. The van der Waals surface area contributed by atoms with Gasteiger partial charge in [-0.15, -0.1) is 12.8 Å². The number of benzene rings is 1. The van der Waals surface area contributed by atoms with E-state index in [-0.39, 0.29) is 5.83 Å². The summed E-state index contributed by atoms with van der Waals surface area (Å²) in [5, 5.41) is 0.840. The molecule has 1 heterocycles. The first-order valence-electron chi connectivity index (χ1n) is 8.75. The van der Waals surface area contributed by atoms with E-state index in [1.165, 1.54) is 12.5 Å². The summed E-state index contributed by atoms with van der Waals surface area (Å²) >= 11 is 5.71. The zero-order valence-electron chi connectivity index (χ0n) is 17.6. The van der Waals surface area contributed by atoms with Crippen molar-refractivity contribution in [3.63, 3.8) is 0 Å². The Bertz CT molecular complexity index is 633. The first-order chi connectivity index (χ1) is 12.9. The molecule has 0 radical (unpaired) electrons. The summed E-state index contributed by atoms with van der Waals surface area (Å²) in [7, 11) is 0. The number of aryl methyl sites for hydroxylation is 2. The topological polar surface area (TPSA) is 12.9 Å². The minimum atomic E-state index is -0.108. The van der Waals surface area contributed by atoms with Gasteiger partial charge in [-0.25, -0.2) is 4.39 Å². The van der Waals surface area contributed by atoms with E-state index < -0.39 is 0 Å². The Labute approximate surface area is 171 Å². The minimum Gasteiger partial charge on any atom is -0.265 e. The molecule has 1 aromatic carbocycles. The Morgan fingerprint density at radius 2 is 1.48 bits per heavy atom. The fourth-order valence-corrected chi connectivity index (χ4v) is 1.48. The Morgan fingerprint density at radius 3 is 1.70 bits per heavy atom. The predicted molar refractivity (Wildman–Crippen MR) is 121 cm³/mol. The van der Waals surface area contributed by atoms with Crippen LogP contribution in [0.25, 0.3) is 0 Å². The van der Waals surface area contributed by atoms with Gasteiger partial charge in [-0.3, -0.25) is 4.98 Å². The molecule has 0 saturated carbocycles. The highest BCUT2D eigenvalue weighted by atomic mass is 35.5. The molecule has 0 spiro atoms. The van der Waals surface area contributed by atoms with Gasteiger partial charge in [0.15, 0.2) is 0 Å². The van der Waals surface area contributed by atoms with Gasteiger partial charge in [0, 0.05) is 17.4 Å². The zero-order valence-corrected chi connectivity index (χ0v) is 18.4. The number of aromatic nitrogens is 1. The van der Waals surface area contributed by atoms with Crippen molar-refractivity contribution in [3.05, 3.63) is 88.5 Å². The monoisotopic (exact) mass is 389 g/mol. The molecule has 0 saturated heterocycles. The van der Waals surface area contributed by atoms with E-state index in [1.807, 2.05) is 77.1 Å². The lowest BCUT2D eigenvalue weighted by atomic mass is 10.2. The Morgan fingerprint density at radius 1 is 1.00 bits per heavy atom. The van der Waals surface area contributed by atoms with Crippen LogP contribution < -0.4 is 0 Å². The van der Waals surface area contributed by atoms with Crippen LogP contribution >= 0.6 is 11.6 Å². The van der Waals surface area contributed by atoms with Gasteiger partial charge in [0.25, 0.3) is 0 Å². The summed E-state index contributed by atoms with van der Waals surface area (Å²) in [6.07, 6.45) is 15.1. The summed E-state index contributed by atoms with van der Waals surface area (Å²) in [6.45, 7) is 13.1. The van der Waals surface area contributed by atoms with Crippen molar-refractivity contribution in [1.82, 2.24) is 4.98 Å². The number of halogens is 2. The summed E-state index contributed by atoms with van der Waals surface area (Å²) in [5.74, 6) is -0.108. The first-order valence-corrected chi connectivity index (χ1v) is 9.13. The third-order valence-corrected chi connectivity index (χ3v) is 3.31. The molecule has 0 N–H and O–H groups in total. The molecule has 3 heteroatoms. The summed E-state index contributed by atoms with van der Waals surface area (Å²) in [6, 6.07) is 11.7. The molecule has 0 atom stereocenters. The number of pyridine rings is 1. The second-order valence-electron chi connectivity index (χ2n) is 4.99. The molecule has 0 aliphatic rings. The van der Waals surface area contributed by atoms with Gasteiger partial charge in [0.05, 0.1) is 5.83 Å². The molecule has 148 valence electrons. The van der Waals surface area contributed by atoms with Crippen LogP contribution in [0.15, 0.2) is 72.3 Å². The summed E-state index contributed by atoms with van der Waals surface area (Å²) in [5.41, 5.74) is 3.09. The molecule has 27 heavy (non-hydrogen) atoms. The molecule has 0 unspecified atom stereocenters. The Kier molecular flexibility index (Phi) is 23.6. The van der Waals surface area contributed by atoms with Crippen LogP contribution in [0.2, 0.25) is 5.02 Å². The van der Waals surface area contributed by atoms with Crippen LogP contribution in [0.3, 0.4) is 0 Å². The number of allylic oxidation sites excluding steroid dienone is 4. The van der Waals surface area contributed by atoms with Gasteiger partial charge in [-0.1, -0.05) is 55.8 Å². The number of terminal acetylenes is 1. The smallest absolute Gasteiger partial charge is 0.0997 e. The van der Waals surface area contributed by atoms with Crippen LogP contribution in [0, 0.1) is 26.7 Å². The lowest BCUT2D eigenvalue weighted by molar-refractivity contribution is 0.631. The van der Waals surface area contributed by atoms with Crippen molar-refractivity contribution >= 4 is 11.6 Å². The second-order valence-corrected chi connectivity index (χ2v) is 5.40.